The van der Waals surface area contributed by atoms with Gasteiger partial charge in [-0.25, -0.2) is 4.79 Å². The molecule has 0 saturated heterocycles. The van der Waals surface area contributed by atoms with Crippen molar-refractivity contribution in [1.82, 2.24) is 0 Å². The van der Waals surface area contributed by atoms with Gasteiger partial charge in [0.2, 0.25) is 0 Å². The van der Waals surface area contributed by atoms with Gasteiger partial charge in [-0.3, -0.25) is 0 Å². The van der Waals surface area contributed by atoms with E-state index >= 15 is 0 Å². The van der Waals surface area contributed by atoms with Crippen LogP contribution in [-0.2, 0) is 4.74 Å². The number of carbonyl (C=O) groups excluding carboxylic acids is 1. The molecule has 1 atom stereocenters. The number of nitrogens with one attached hydrogen (secondary N) is 1. The molecule has 0 amide bonds. The van der Waals surface area contributed by atoms with Crippen molar-refractivity contribution in [3.05, 3.63) is 46.2 Å². The van der Waals surface area contributed by atoms with E-state index in [1.807, 2.05) is 12.1 Å². The molecule has 1 aromatic heterocycles. The molecule has 112 valence electrons. The maximum Gasteiger partial charge on any atom is 0.340 e. The van der Waals surface area contributed by atoms with Gasteiger partial charge in [-0.15, -0.1) is 11.3 Å². The number of thiophene rings is 1. The van der Waals surface area contributed by atoms with Gasteiger partial charge in [-0.2, -0.15) is 0 Å². The maximum absolute atomic E-state index is 11.9. The van der Waals surface area contributed by atoms with Crippen LogP contribution in [-0.4, -0.2) is 13.1 Å². The second kappa shape index (κ2) is 7.13. The van der Waals surface area contributed by atoms with Crippen LogP contribution in [0.3, 0.4) is 0 Å². The van der Waals surface area contributed by atoms with Crippen LogP contribution in [0.1, 0.15) is 41.0 Å². The lowest BCUT2D eigenvalue weighted by molar-refractivity contribution is 0.0602. The van der Waals surface area contributed by atoms with Gasteiger partial charge >= 0.3 is 5.97 Å². The number of rotatable bonds is 6. The minimum absolute atomic E-state index is 0.182. The Kier molecular flexibility index (Phi) is 5.22. The highest BCUT2D eigenvalue weighted by Crippen LogP contribution is 2.30. The molecule has 3 N–H and O–H groups in total. The fourth-order valence-electron chi connectivity index (χ4n) is 2.22. The molecule has 2 aromatic rings. The molecule has 21 heavy (non-hydrogen) atoms. The predicted octanol–water partition coefficient (Wildman–Crippen LogP) is 4.07. The zero-order valence-electron chi connectivity index (χ0n) is 12.3. The smallest absolute Gasteiger partial charge is 0.340 e. The minimum Gasteiger partial charge on any atom is -0.465 e. The molecule has 0 aliphatic carbocycles. The van der Waals surface area contributed by atoms with E-state index in [1.165, 1.54) is 12.0 Å². The molecule has 0 fully saturated rings. The molecule has 4 nitrogen and oxygen atoms in total. The Balaban J connectivity index is 2.30. The van der Waals surface area contributed by atoms with Gasteiger partial charge < -0.3 is 15.8 Å². The maximum atomic E-state index is 11.9. The third kappa shape index (κ3) is 3.76. The van der Waals surface area contributed by atoms with Crippen molar-refractivity contribution in [2.75, 3.05) is 18.2 Å². The normalized spacial score (nSPS) is 11.9. The molecule has 0 radical (unpaired) electrons. The van der Waals surface area contributed by atoms with Crippen molar-refractivity contribution >= 4 is 28.7 Å². The monoisotopic (exact) mass is 304 g/mol. The zero-order chi connectivity index (χ0) is 15.2. The summed E-state index contributed by atoms with van der Waals surface area (Å²) < 4.78 is 4.83. The summed E-state index contributed by atoms with van der Waals surface area (Å²) in [6.07, 6.45) is 2.05. The van der Waals surface area contributed by atoms with Gasteiger partial charge in [0.1, 0.15) is 0 Å². The number of anilines is 2. The van der Waals surface area contributed by atoms with E-state index in [1.54, 1.807) is 23.5 Å². The summed E-state index contributed by atoms with van der Waals surface area (Å²) in [5, 5.41) is 5.51. The van der Waals surface area contributed by atoms with Gasteiger partial charge in [-0.1, -0.05) is 19.4 Å². The lowest BCUT2D eigenvalue weighted by Crippen LogP contribution is -2.13. The van der Waals surface area contributed by atoms with Gasteiger partial charge in [0.05, 0.1) is 18.7 Å². The topological polar surface area (TPSA) is 64.3 Å². The first-order chi connectivity index (χ1) is 10.2. The quantitative estimate of drug-likeness (QED) is 0.623. The van der Waals surface area contributed by atoms with Crippen molar-refractivity contribution in [3.63, 3.8) is 0 Å². The van der Waals surface area contributed by atoms with Crippen LogP contribution < -0.4 is 11.1 Å². The highest BCUT2D eigenvalue weighted by atomic mass is 32.1. The number of nitrogen functional groups attached to an aromatic ring is 1. The third-order valence-corrected chi connectivity index (χ3v) is 4.23. The van der Waals surface area contributed by atoms with Crippen LogP contribution in [0, 0.1) is 0 Å². The van der Waals surface area contributed by atoms with Crippen LogP contribution in [0.4, 0.5) is 11.4 Å². The largest absolute Gasteiger partial charge is 0.465 e. The average molecular weight is 304 g/mol. The lowest BCUT2D eigenvalue weighted by atomic mass is 10.1. The van der Waals surface area contributed by atoms with Crippen LogP contribution in [0.25, 0.3) is 0 Å². The Morgan fingerprint density at radius 1 is 1.43 bits per heavy atom. The fraction of sp³-hybridized carbons (Fsp3) is 0.312. The molecule has 2 rings (SSSR count). The number of carbonyl (C=O) groups is 1. The number of esters is 1. The van der Waals surface area contributed by atoms with Gasteiger partial charge in [0, 0.05) is 16.3 Å². The molecular weight excluding hydrogens is 284 g/mol. The molecular formula is C16H20N2O2S. The summed E-state index contributed by atoms with van der Waals surface area (Å²) in [5.41, 5.74) is 7.54. The van der Waals surface area contributed by atoms with Crippen LogP contribution >= 0.6 is 11.3 Å². The number of benzene rings is 1. The molecule has 1 heterocycles. The van der Waals surface area contributed by atoms with Crippen molar-refractivity contribution in [2.24, 2.45) is 0 Å². The summed E-state index contributed by atoms with van der Waals surface area (Å²) in [7, 11) is 1.37. The number of methoxy groups -OCH3 is 1. The number of nitrogens with two attached hydrogens (primary N) is 1. The molecule has 0 spiro atoms. The second-order valence-electron chi connectivity index (χ2n) is 4.80. The van der Waals surface area contributed by atoms with Gasteiger partial charge in [0.15, 0.2) is 0 Å². The molecule has 1 unspecified atom stereocenters. The first kappa shape index (κ1) is 15.4. The Morgan fingerprint density at radius 3 is 2.86 bits per heavy atom. The van der Waals surface area contributed by atoms with E-state index in [2.05, 4.69) is 23.7 Å². The summed E-state index contributed by atoms with van der Waals surface area (Å²) in [6, 6.07) is 9.58. The lowest BCUT2D eigenvalue weighted by Gasteiger charge is -2.20. The van der Waals surface area contributed by atoms with Crippen molar-refractivity contribution < 1.29 is 9.53 Å². The summed E-state index contributed by atoms with van der Waals surface area (Å²) in [4.78, 5) is 13.2. The summed E-state index contributed by atoms with van der Waals surface area (Å²) >= 11 is 1.71. The predicted molar refractivity (Wildman–Crippen MR) is 87.8 cm³/mol. The Labute approximate surface area is 128 Å². The van der Waals surface area contributed by atoms with Crippen LogP contribution in [0.15, 0.2) is 35.7 Å². The molecule has 0 aliphatic rings. The van der Waals surface area contributed by atoms with Crippen molar-refractivity contribution in [1.29, 1.82) is 0 Å². The van der Waals surface area contributed by atoms with Crippen molar-refractivity contribution in [2.45, 2.75) is 25.8 Å². The highest BCUT2D eigenvalue weighted by Gasteiger charge is 2.17. The van der Waals surface area contributed by atoms with Gasteiger partial charge in [-0.05, 0) is 36.1 Å². The first-order valence-corrected chi connectivity index (χ1v) is 7.81. The van der Waals surface area contributed by atoms with Crippen molar-refractivity contribution in [3.8, 4) is 0 Å². The zero-order valence-corrected chi connectivity index (χ0v) is 13.1. The van der Waals surface area contributed by atoms with Crippen LogP contribution in [0.2, 0.25) is 0 Å². The Morgan fingerprint density at radius 2 is 2.24 bits per heavy atom. The number of hydrogen-bond acceptors (Lipinski definition) is 5. The van der Waals surface area contributed by atoms with Crippen LogP contribution in [0.5, 0.6) is 0 Å². The fourth-order valence-corrected chi connectivity index (χ4v) is 3.03. The van der Waals surface area contributed by atoms with E-state index in [0.29, 0.717) is 11.3 Å². The summed E-state index contributed by atoms with van der Waals surface area (Å²) in [5.74, 6) is -0.383. The number of ether oxygens (including phenoxy) is 1. The standard InChI is InChI=1S/C16H20N2O2S/c1-3-5-14(15-6-4-9-21-15)18-13-8-7-11(17)10-12(13)16(19)20-2/h4,6-10,14,18H,3,5,17H2,1-2H3. The van der Waals surface area contributed by atoms with Gasteiger partial charge in [0.25, 0.3) is 0 Å². The van der Waals surface area contributed by atoms with E-state index in [4.69, 9.17) is 10.5 Å². The Bertz CT molecular complexity index is 596. The van der Waals surface area contributed by atoms with E-state index in [9.17, 15) is 4.79 Å². The second-order valence-corrected chi connectivity index (χ2v) is 5.78. The average Bonchev–Trinajstić information content (AvgIpc) is 3.01. The van der Waals surface area contributed by atoms with E-state index in [0.717, 1.165) is 18.5 Å². The van der Waals surface area contributed by atoms with E-state index in [-0.39, 0.29) is 12.0 Å². The Hall–Kier alpha value is -2.01. The summed E-state index contributed by atoms with van der Waals surface area (Å²) in [6.45, 7) is 2.15. The molecule has 5 heteroatoms. The minimum atomic E-state index is -0.383. The third-order valence-electron chi connectivity index (χ3n) is 3.24. The molecule has 1 aromatic carbocycles. The number of hydrogen-bond donors (Lipinski definition) is 2. The molecule has 0 aliphatic heterocycles. The molecule has 0 bridgehead atoms. The first-order valence-electron chi connectivity index (χ1n) is 6.93. The molecule has 0 saturated carbocycles. The highest BCUT2D eigenvalue weighted by molar-refractivity contribution is 7.10. The van der Waals surface area contributed by atoms with E-state index < -0.39 is 0 Å². The SMILES string of the molecule is CCCC(Nc1ccc(N)cc1C(=O)OC)c1cccs1.